The number of nitrogens with two attached hydrogens (primary N) is 1. The number of nitrogens with zero attached hydrogens (tertiary/aromatic N) is 2. The molecule has 3 rings (SSSR count). The van der Waals surface area contributed by atoms with Gasteiger partial charge in [-0.1, -0.05) is 12.1 Å². The summed E-state index contributed by atoms with van der Waals surface area (Å²) in [4.78, 5) is 8.55. The van der Waals surface area contributed by atoms with E-state index in [0.717, 1.165) is 27.2 Å². The molecular weight excluding hydrogens is 246 g/mol. The van der Waals surface area contributed by atoms with Crippen LogP contribution in [0.1, 0.15) is 0 Å². The second-order valence-electron chi connectivity index (χ2n) is 3.80. The fourth-order valence-corrected chi connectivity index (χ4v) is 2.69. The van der Waals surface area contributed by atoms with Gasteiger partial charge in [0, 0.05) is 5.56 Å². The third kappa shape index (κ3) is 1.78. The predicted molar refractivity (Wildman–Crippen MR) is 73.8 cm³/mol. The van der Waals surface area contributed by atoms with E-state index in [1.807, 2.05) is 35.7 Å². The lowest BCUT2D eigenvalue weighted by Gasteiger charge is -2.05. The maximum absolute atomic E-state index is 5.74. The van der Waals surface area contributed by atoms with E-state index in [2.05, 4.69) is 9.97 Å². The van der Waals surface area contributed by atoms with Crippen LogP contribution in [0, 0.1) is 0 Å². The zero-order chi connectivity index (χ0) is 12.5. The highest BCUT2D eigenvalue weighted by Crippen LogP contribution is 2.32. The first-order valence-electron chi connectivity index (χ1n) is 5.43. The Kier molecular flexibility index (Phi) is 2.60. The first-order chi connectivity index (χ1) is 8.78. The van der Waals surface area contributed by atoms with Crippen LogP contribution in [0.5, 0.6) is 5.75 Å². The van der Waals surface area contributed by atoms with E-state index in [-0.39, 0.29) is 0 Å². The average Bonchev–Trinajstić information content (AvgIpc) is 2.85. The van der Waals surface area contributed by atoms with E-state index in [9.17, 15) is 0 Å². The number of aromatic nitrogens is 2. The first-order valence-corrected chi connectivity index (χ1v) is 6.31. The van der Waals surface area contributed by atoms with Gasteiger partial charge in [0.05, 0.1) is 23.0 Å². The molecule has 0 unspecified atom stereocenters. The molecule has 5 heteroatoms. The van der Waals surface area contributed by atoms with Gasteiger partial charge in [-0.3, -0.25) is 0 Å². The summed E-state index contributed by atoms with van der Waals surface area (Å²) in [5.41, 5.74) is 8.46. The van der Waals surface area contributed by atoms with Crippen molar-refractivity contribution >= 4 is 27.5 Å². The van der Waals surface area contributed by atoms with Gasteiger partial charge in [-0.15, -0.1) is 11.3 Å². The Morgan fingerprint density at radius 1 is 1.22 bits per heavy atom. The molecule has 0 bridgehead atoms. The number of anilines is 1. The Hall–Kier alpha value is -2.14. The summed E-state index contributed by atoms with van der Waals surface area (Å²) in [6.07, 6.45) is 0. The van der Waals surface area contributed by atoms with Gasteiger partial charge in [0.25, 0.3) is 0 Å². The van der Waals surface area contributed by atoms with Crippen LogP contribution >= 0.6 is 11.3 Å². The SMILES string of the molecule is COc1cccc(-c2nc(N)nc3ccsc23)c1. The lowest BCUT2D eigenvalue weighted by molar-refractivity contribution is 0.415. The summed E-state index contributed by atoms with van der Waals surface area (Å²) in [7, 11) is 1.65. The largest absolute Gasteiger partial charge is 0.497 e. The van der Waals surface area contributed by atoms with E-state index in [4.69, 9.17) is 10.5 Å². The highest BCUT2D eigenvalue weighted by Gasteiger charge is 2.10. The molecule has 1 aromatic carbocycles. The maximum atomic E-state index is 5.74. The van der Waals surface area contributed by atoms with Gasteiger partial charge >= 0.3 is 0 Å². The summed E-state index contributed by atoms with van der Waals surface area (Å²) < 4.78 is 6.27. The zero-order valence-electron chi connectivity index (χ0n) is 9.75. The molecule has 3 aromatic rings. The van der Waals surface area contributed by atoms with Crippen molar-refractivity contribution in [2.24, 2.45) is 0 Å². The first kappa shape index (κ1) is 11.0. The van der Waals surface area contributed by atoms with E-state index < -0.39 is 0 Å². The molecule has 4 nitrogen and oxygen atoms in total. The molecule has 0 aliphatic heterocycles. The fourth-order valence-electron chi connectivity index (χ4n) is 1.85. The van der Waals surface area contributed by atoms with Gasteiger partial charge in [-0.2, -0.15) is 0 Å². The van der Waals surface area contributed by atoms with Crippen LogP contribution in [0.25, 0.3) is 21.5 Å². The van der Waals surface area contributed by atoms with Crippen LogP contribution in [0.2, 0.25) is 0 Å². The number of ether oxygens (including phenoxy) is 1. The van der Waals surface area contributed by atoms with Crippen molar-refractivity contribution in [3.63, 3.8) is 0 Å². The highest BCUT2D eigenvalue weighted by atomic mass is 32.1. The van der Waals surface area contributed by atoms with E-state index >= 15 is 0 Å². The molecular formula is C13H11N3OS. The van der Waals surface area contributed by atoms with Gasteiger partial charge in [0.15, 0.2) is 0 Å². The standard InChI is InChI=1S/C13H11N3OS/c1-17-9-4-2-3-8(7-9)11-12-10(5-6-18-12)15-13(14)16-11/h2-7H,1H3,(H2,14,15,16). The van der Waals surface area contributed by atoms with Gasteiger partial charge in [0.2, 0.25) is 5.95 Å². The van der Waals surface area contributed by atoms with Crippen molar-refractivity contribution < 1.29 is 4.74 Å². The minimum Gasteiger partial charge on any atom is -0.497 e. The van der Waals surface area contributed by atoms with Crippen LogP contribution in [-0.4, -0.2) is 17.1 Å². The minimum atomic E-state index is 0.290. The van der Waals surface area contributed by atoms with E-state index in [1.165, 1.54) is 0 Å². The number of fused-ring (bicyclic) bond motifs is 1. The maximum Gasteiger partial charge on any atom is 0.221 e. The Morgan fingerprint density at radius 2 is 2.11 bits per heavy atom. The van der Waals surface area contributed by atoms with Crippen LogP contribution < -0.4 is 10.5 Å². The van der Waals surface area contributed by atoms with Crippen LogP contribution in [-0.2, 0) is 0 Å². The van der Waals surface area contributed by atoms with Gasteiger partial charge in [0.1, 0.15) is 5.75 Å². The fraction of sp³-hybridized carbons (Fsp3) is 0.0769. The summed E-state index contributed by atoms with van der Waals surface area (Å²) in [6, 6.07) is 9.72. The van der Waals surface area contributed by atoms with Crippen molar-refractivity contribution in [3.05, 3.63) is 35.7 Å². The molecule has 0 saturated heterocycles. The summed E-state index contributed by atoms with van der Waals surface area (Å²) in [5, 5.41) is 1.99. The van der Waals surface area contributed by atoms with E-state index in [0.29, 0.717) is 5.95 Å². The number of rotatable bonds is 2. The number of benzene rings is 1. The third-order valence-electron chi connectivity index (χ3n) is 2.66. The molecule has 2 N–H and O–H groups in total. The molecule has 0 fully saturated rings. The van der Waals surface area contributed by atoms with E-state index in [1.54, 1.807) is 18.4 Å². The van der Waals surface area contributed by atoms with Crippen molar-refractivity contribution in [3.8, 4) is 17.0 Å². The van der Waals surface area contributed by atoms with Crippen LogP contribution in [0.3, 0.4) is 0 Å². The summed E-state index contributed by atoms with van der Waals surface area (Å²) >= 11 is 1.61. The molecule has 0 amide bonds. The van der Waals surface area contributed by atoms with Crippen LogP contribution in [0.15, 0.2) is 35.7 Å². The van der Waals surface area contributed by atoms with Crippen molar-refractivity contribution in [2.45, 2.75) is 0 Å². The molecule has 0 saturated carbocycles. The van der Waals surface area contributed by atoms with Crippen molar-refractivity contribution in [1.29, 1.82) is 0 Å². The quantitative estimate of drug-likeness (QED) is 0.766. The monoisotopic (exact) mass is 257 g/mol. The second-order valence-corrected chi connectivity index (χ2v) is 4.71. The smallest absolute Gasteiger partial charge is 0.221 e. The Bertz CT molecular complexity index is 708. The third-order valence-corrected chi connectivity index (χ3v) is 3.57. The lowest BCUT2D eigenvalue weighted by Crippen LogP contribution is -1.96. The van der Waals surface area contributed by atoms with Gasteiger partial charge in [-0.05, 0) is 23.6 Å². The molecule has 0 spiro atoms. The van der Waals surface area contributed by atoms with Crippen molar-refractivity contribution in [2.75, 3.05) is 12.8 Å². The number of hydrogen-bond donors (Lipinski definition) is 1. The topological polar surface area (TPSA) is 61.0 Å². The zero-order valence-corrected chi connectivity index (χ0v) is 10.6. The molecule has 18 heavy (non-hydrogen) atoms. The Labute approximate surface area is 108 Å². The van der Waals surface area contributed by atoms with Gasteiger partial charge < -0.3 is 10.5 Å². The molecule has 0 atom stereocenters. The molecule has 2 aromatic heterocycles. The summed E-state index contributed by atoms with van der Waals surface area (Å²) in [6.45, 7) is 0. The molecule has 0 aliphatic rings. The number of thiophene rings is 1. The average molecular weight is 257 g/mol. The number of methoxy groups -OCH3 is 1. The molecule has 0 aliphatic carbocycles. The normalized spacial score (nSPS) is 10.7. The van der Waals surface area contributed by atoms with Crippen molar-refractivity contribution in [1.82, 2.24) is 9.97 Å². The molecule has 90 valence electrons. The number of nitrogen functional groups attached to an aromatic ring is 1. The lowest BCUT2D eigenvalue weighted by atomic mass is 10.1. The van der Waals surface area contributed by atoms with Gasteiger partial charge in [-0.25, -0.2) is 9.97 Å². The Balaban J connectivity index is 2.26. The molecule has 2 heterocycles. The molecule has 0 radical (unpaired) electrons. The number of hydrogen-bond acceptors (Lipinski definition) is 5. The highest BCUT2D eigenvalue weighted by molar-refractivity contribution is 7.17. The second kappa shape index (κ2) is 4.27. The summed E-state index contributed by atoms with van der Waals surface area (Å²) in [5.74, 6) is 1.09. The predicted octanol–water partition coefficient (Wildman–Crippen LogP) is 2.95. The minimum absolute atomic E-state index is 0.290. The van der Waals surface area contributed by atoms with Crippen LogP contribution in [0.4, 0.5) is 5.95 Å². The Morgan fingerprint density at radius 3 is 2.94 bits per heavy atom.